The number of carbonyl (C=O) groups excluding carboxylic acids is 2. The van der Waals surface area contributed by atoms with Crippen molar-refractivity contribution in [2.24, 2.45) is 0 Å². The van der Waals surface area contributed by atoms with Crippen LogP contribution in [0.4, 0.5) is 33.9 Å². The first-order valence-electron chi connectivity index (χ1n) is 11.0. The van der Waals surface area contributed by atoms with Crippen molar-refractivity contribution < 1.29 is 31.9 Å². The van der Waals surface area contributed by atoms with E-state index in [1.807, 2.05) is 0 Å². The fourth-order valence-corrected chi connectivity index (χ4v) is 3.55. The Balaban J connectivity index is 1.62. The number of ether oxygens (including phenoxy) is 1. The molecule has 12 heteroatoms. The van der Waals surface area contributed by atoms with Gasteiger partial charge in [-0.1, -0.05) is 0 Å². The molecule has 0 radical (unpaired) electrons. The van der Waals surface area contributed by atoms with Gasteiger partial charge in [-0.3, -0.25) is 20.1 Å². The van der Waals surface area contributed by atoms with Gasteiger partial charge in [-0.2, -0.15) is 13.2 Å². The number of pyridine rings is 3. The topological polar surface area (TPSA) is 106 Å². The van der Waals surface area contributed by atoms with Gasteiger partial charge in [0.05, 0.1) is 18.4 Å². The van der Waals surface area contributed by atoms with Gasteiger partial charge in [-0.05, 0) is 66.1 Å². The number of hydrogen-bond acceptors (Lipinski definition) is 6. The van der Waals surface area contributed by atoms with E-state index in [0.29, 0.717) is 33.9 Å². The zero-order valence-corrected chi connectivity index (χ0v) is 19.9. The molecule has 0 aliphatic heterocycles. The fraction of sp³-hybridized carbons (Fsp3) is 0.115. The van der Waals surface area contributed by atoms with E-state index < -0.39 is 29.7 Å². The highest BCUT2D eigenvalue weighted by molar-refractivity contribution is 6.04. The molecule has 4 rings (SSSR count). The monoisotopic (exact) mass is 525 g/mol. The molecule has 0 fully saturated rings. The average Bonchev–Trinajstić information content (AvgIpc) is 2.90. The molecule has 38 heavy (non-hydrogen) atoms. The molecule has 0 aliphatic carbocycles. The standard InChI is InChI=1S/C26H19F4N5O3/c1-14-7-20(27)21(34-24(36)16-3-4-22(33-13-16)26(28,29)30)10-19(14)18-8-17(11-31-12-18)15-5-6-32-23(9-15)35-25(37)38-2/h3-13H,1-2H3,(H,34,36)(H,32,35,37). The molecular formula is C26H19F4N5O3. The van der Waals surface area contributed by atoms with Crippen molar-refractivity contribution in [1.29, 1.82) is 0 Å². The molecule has 4 aromatic rings. The number of nitrogens with one attached hydrogen (secondary N) is 2. The van der Waals surface area contributed by atoms with Crippen LogP contribution in [0.2, 0.25) is 0 Å². The Hall–Kier alpha value is -4.87. The minimum absolute atomic E-state index is 0.169. The van der Waals surface area contributed by atoms with Crippen LogP contribution in [0.25, 0.3) is 22.3 Å². The van der Waals surface area contributed by atoms with Gasteiger partial charge in [0.1, 0.15) is 17.3 Å². The van der Waals surface area contributed by atoms with E-state index >= 15 is 0 Å². The number of nitrogens with zero attached hydrogens (tertiary/aromatic N) is 3. The van der Waals surface area contributed by atoms with Crippen molar-refractivity contribution in [3.8, 4) is 22.3 Å². The SMILES string of the molecule is COC(=O)Nc1cc(-c2cncc(-c3cc(NC(=O)c4ccc(C(F)(F)F)nc4)c(F)cc3C)c2)ccn1. The average molecular weight is 525 g/mol. The summed E-state index contributed by atoms with van der Waals surface area (Å²) in [5.41, 5.74) is 1.58. The largest absolute Gasteiger partial charge is 0.453 e. The molecule has 0 saturated carbocycles. The van der Waals surface area contributed by atoms with E-state index in [1.165, 1.54) is 25.4 Å². The van der Waals surface area contributed by atoms with Gasteiger partial charge in [0.2, 0.25) is 0 Å². The molecule has 0 bridgehead atoms. The highest BCUT2D eigenvalue weighted by atomic mass is 19.4. The smallest absolute Gasteiger partial charge is 0.433 e. The Morgan fingerprint density at radius 1 is 0.895 bits per heavy atom. The molecule has 2 amide bonds. The highest BCUT2D eigenvalue weighted by Gasteiger charge is 2.32. The van der Waals surface area contributed by atoms with Gasteiger partial charge in [0, 0.05) is 35.9 Å². The lowest BCUT2D eigenvalue weighted by molar-refractivity contribution is -0.141. The normalized spacial score (nSPS) is 11.1. The molecule has 3 aromatic heterocycles. The van der Waals surface area contributed by atoms with Crippen LogP contribution in [0.15, 0.2) is 67.3 Å². The zero-order chi connectivity index (χ0) is 27.4. The van der Waals surface area contributed by atoms with E-state index in [2.05, 4.69) is 30.3 Å². The van der Waals surface area contributed by atoms with Crippen molar-refractivity contribution in [3.05, 3.63) is 89.9 Å². The van der Waals surface area contributed by atoms with Gasteiger partial charge < -0.3 is 10.1 Å². The number of aryl methyl sites for hydroxylation is 1. The number of aromatic nitrogens is 3. The van der Waals surface area contributed by atoms with E-state index in [9.17, 15) is 27.2 Å². The Morgan fingerprint density at radius 2 is 1.66 bits per heavy atom. The van der Waals surface area contributed by atoms with E-state index in [4.69, 9.17) is 0 Å². The van der Waals surface area contributed by atoms with Crippen molar-refractivity contribution >= 4 is 23.5 Å². The molecular weight excluding hydrogens is 506 g/mol. The van der Waals surface area contributed by atoms with Crippen LogP contribution in [-0.2, 0) is 10.9 Å². The Morgan fingerprint density at radius 3 is 2.34 bits per heavy atom. The van der Waals surface area contributed by atoms with E-state index in [1.54, 1.807) is 37.5 Å². The lowest BCUT2D eigenvalue weighted by Crippen LogP contribution is -2.15. The summed E-state index contributed by atoms with van der Waals surface area (Å²) < 4.78 is 57.5. The number of amides is 2. The first-order chi connectivity index (χ1) is 18.0. The van der Waals surface area contributed by atoms with Crippen molar-refractivity contribution in [2.75, 3.05) is 17.7 Å². The van der Waals surface area contributed by atoms with E-state index in [-0.39, 0.29) is 17.1 Å². The van der Waals surface area contributed by atoms with Crippen molar-refractivity contribution in [1.82, 2.24) is 15.0 Å². The van der Waals surface area contributed by atoms with Crippen molar-refractivity contribution in [3.63, 3.8) is 0 Å². The minimum atomic E-state index is -4.65. The van der Waals surface area contributed by atoms with Gasteiger partial charge in [-0.25, -0.2) is 14.2 Å². The summed E-state index contributed by atoms with van der Waals surface area (Å²) in [6.07, 6.45) is 0.108. The molecule has 0 atom stereocenters. The number of rotatable bonds is 5. The Kier molecular flexibility index (Phi) is 7.33. The number of benzene rings is 1. The van der Waals surface area contributed by atoms with Gasteiger partial charge in [0.15, 0.2) is 0 Å². The quantitative estimate of drug-likeness (QED) is 0.305. The molecule has 194 valence electrons. The number of hydrogen-bond donors (Lipinski definition) is 2. The number of methoxy groups -OCH3 is 1. The first-order valence-corrected chi connectivity index (χ1v) is 11.0. The summed E-state index contributed by atoms with van der Waals surface area (Å²) in [4.78, 5) is 35.6. The molecule has 0 saturated heterocycles. The minimum Gasteiger partial charge on any atom is -0.453 e. The maximum absolute atomic E-state index is 14.7. The Labute approximate surface area is 213 Å². The van der Waals surface area contributed by atoms with Crippen LogP contribution < -0.4 is 10.6 Å². The Bertz CT molecular complexity index is 1510. The molecule has 0 aliphatic rings. The summed E-state index contributed by atoms with van der Waals surface area (Å²) in [6.45, 7) is 1.68. The van der Waals surface area contributed by atoms with Gasteiger partial charge in [0.25, 0.3) is 5.91 Å². The molecule has 1 aromatic carbocycles. The zero-order valence-electron chi connectivity index (χ0n) is 19.9. The lowest BCUT2D eigenvalue weighted by Gasteiger charge is -2.13. The maximum atomic E-state index is 14.7. The fourth-order valence-electron chi connectivity index (χ4n) is 3.55. The third-order valence-electron chi connectivity index (χ3n) is 5.44. The summed E-state index contributed by atoms with van der Waals surface area (Å²) in [7, 11) is 1.23. The lowest BCUT2D eigenvalue weighted by atomic mass is 9.98. The molecule has 2 N–H and O–H groups in total. The molecule has 3 heterocycles. The van der Waals surface area contributed by atoms with Crippen LogP contribution >= 0.6 is 0 Å². The summed E-state index contributed by atoms with van der Waals surface area (Å²) in [6, 6.07) is 9.41. The van der Waals surface area contributed by atoms with Gasteiger partial charge >= 0.3 is 12.3 Å². The van der Waals surface area contributed by atoms with Crippen LogP contribution in [0, 0.1) is 12.7 Å². The predicted molar refractivity (Wildman–Crippen MR) is 131 cm³/mol. The maximum Gasteiger partial charge on any atom is 0.433 e. The van der Waals surface area contributed by atoms with E-state index in [0.717, 1.165) is 12.3 Å². The highest BCUT2D eigenvalue weighted by Crippen LogP contribution is 2.32. The second-order valence-corrected chi connectivity index (χ2v) is 8.04. The second kappa shape index (κ2) is 10.6. The first kappa shape index (κ1) is 26.2. The third kappa shape index (κ3) is 5.91. The van der Waals surface area contributed by atoms with Gasteiger partial charge in [-0.15, -0.1) is 0 Å². The number of alkyl halides is 3. The number of carbonyl (C=O) groups is 2. The summed E-state index contributed by atoms with van der Waals surface area (Å²) >= 11 is 0. The second-order valence-electron chi connectivity index (χ2n) is 8.04. The third-order valence-corrected chi connectivity index (χ3v) is 5.44. The molecule has 0 spiro atoms. The molecule has 0 unspecified atom stereocenters. The van der Waals surface area contributed by atoms with Crippen LogP contribution in [0.3, 0.4) is 0 Å². The molecule has 8 nitrogen and oxygen atoms in total. The predicted octanol–water partition coefficient (Wildman–Crippen LogP) is 6.10. The van der Waals surface area contributed by atoms with Crippen LogP contribution in [-0.4, -0.2) is 34.1 Å². The summed E-state index contributed by atoms with van der Waals surface area (Å²) in [5.74, 6) is -1.29. The number of anilines is 2. The number of halogens is 4. The van der Waals surface area contributed by atoms with Crippen molar-refractivity contribution in [2.45, 2.75) is 13.1 Å². The van der Waals surface area contributed by atoms with Crippen LogP contribution in [0.5, 0.6) is 0 Å². The summed E-state index contributed by atoms with van der Waals surface area (Å²) in [5, 5.41) is 4.86. The van der Waals surface area contributed by atoms with Crippen LogP contribution in [0.1, 0.15) is 21.6 Å².